The van der Waals surface area contributed by atoms with Crippen molar-refractivity contribution < 1.29 is 5.11 Å². The van der Waals surface area contributed by atoms with E-state index in [9.17, 15) is 5.11 Å². The smallest absolute Gasteiger partial charge is 0.130 e. The summed E-state index contributed by atoms with van der Waals surface area (Å²) >= 11 is 3.25. The van der Waals surface area contributed by atoms with Crippen LogP contribution in [-0.4, -0.2) is 15.1 Å². The molecule has 0 spiro atoms. The third kappa shape index (κ3) is 2.11. The molecule has 2 N–H and O–H groups in total. The van der Waals surface area contributed by atoms with Crippen LogP contribution in [0, 0.1) is 0 Å². The summed E-state index contributed by atoms with van der Waals surface area (Å²) < 4.78 is 0.694. The van der Waals surface area contributed by atoms with Gasteiger partial charge < -0.3 is 10.1 Å². The summed E-state index contributed by atoms with van der Waals surface area (Å²) in [5.41, 5.74) is 1.85. The fourth-order valence-corrected chi connectivity index (χ4v) is 1.70. The number of hydrogen-bond acceptors (Lipinski definition) is 2. The number of phenols is 1. The highest BCUT2D eigenvalue weighted by Crippen LogP contribution is 2.29. The van der Waals surface area contributed by atoms with Gasteiger partial charge in [0.25, 0.3) is 0 Å². The second-order valence-electron chi connectivity index (χ2n) is 4.00. The highest BCUT2D eigenvalue weighted by molar-refractivity contribution is 9.10. The van der Waals surface area contributed by atoms with E-state index in [1.807, 2.05) is 12.1 Å². The lowest BCUT2D eigenvalue weighted by atomic mass is 10.1. The molecule has 1 heterocycles. The minimum Gasteiger partial charge on any atom is -0.507 e. The molecule has 1 aromatic heterocycles. The molecule has 84 valence electrons. The van der Waals surface area contributed by atoms with Crippen molar-refractivity contribution in [2.24, 2.45) is 0 Å². The van der Waals surface area contributed by atoms with E-state index in [4.69, 9.17) is 0 Å². The summed E-state index contributed by atoms with van der Waals surface area (Å²) in [7, 11) is 0. The summed E-state index contributed by atoms with van der Waals surface area (Å²) in [6, 6.07) is 5.46. The molecule has 0 aliphatic rings. The first-order valence-corrected chi connectivity index (χ1v) is 5.91. The Bertz CT molecular complexity index is 505. The minimum absolute atomic E-state index is 0.234. The molecule has 3 nitrogen and oxygen atoms in total. The molecule has 16 heavy (non-hydrogen) atoms. The van der Waals surface area contributed by atoms with Gasteiger partial charge in [0.15, 0.2) is 0 Å². The quantitative estimate of drug-likeness (QED) is 0.882. The molecule has 0 saturated heterocycles. The van der Waals surface area contributed by atoms with E-state index in [0.717, 1.165) is 17.1 Å². The van der Waals surface area contributed by atoms with Gasteiger partial charge in [0.05, 0.1) is 16.4 Å². The number of imidazole rings is 1. The Balaban J connectivity index is 2.39. The van der Waals surface area contributed by atoms with E-state index in [2.05, 4.69) is 39.7 Å². The Kier molecular flexibility index (Phi) is 3.01. The molecule has 0 saturated carbocycles. The number of rotatable bonds is 2. The van der Waals surface area contributed by atoms with Gasteiger partial charge in [-0.3, -0.25) is 0 Å². The zero-order valence-corrected chi connectivity index (χ0v) is 10.7. The number of H-pyrrole nitrogens is 1. The average Bonchev–Trinajstić information content (AvgIpc) is 2.71. The van der Waals surface area contributed by atoms with Gasteiger partial charge in [-0.25, -0.2) is 4.98 Å². The number of nitrogens with one attached hydrogen (secondary N) is 1. The molecule has 2 aromatic rings. The molecule has 0 unspecified atom stereocenters. The number of nitrogens with zero attached hydrogens (tertiary/aromatic N) is 1. The number of benzene rings is 1. The number of aromatic amines is 1. The predicted octanol–water partition coefficient (Wildman–Crippen LogP) is 3.67. The van der Waals surface area contributed by atoms with E-state index in [1.54, 1.807) is 12.3 Å². The molecule has 0 aliphatic heterocycles. The zero-order valence-electron chi connectivity index (χ0n) is 9.16. The van der Waals surface area contributed by atoms with Crippen molar-refractivity contribution >= 4 is 15.9 Å². The zero-order chi connectivity index (χ0) is 11.7. The highest BCUT2D eigenvalue weighted by atomic mass is 79.9. The van der Waals surface area contributed by atoms with Crippen molar-refractivity contribution in [2.75, 3.05) is 0 Å². The van der Waals surface area contributed by atoms with Crippen LogP contribution in [0.15, 0.2) is 28.9 Å². The van der Waals surface area contributed by atoms with Crippen molar-refractivity contribution in [1.82, 2.24) is 9.97 Å². The van der Waals surface area contributed by atoms with Crippen molar-refractivity contribution in [3.63, 3.8) is 0 Å². The van der Waals surface area contributed by atoms with E-state index in [-0.39, 0.29) is 5.75 Å². The maximum absolute atomic E-state index is 9.60. The van der Waals surface area contributed by atoms with Crippen molar-refractivity contribution in [3.8, 4) is 17.0 Å². The fourth-order valence-electron chi connectivity index (χ4n) is 1.46. The minimum atomic E-state index is 0.234. The highest BCUT2D eigenvalue weighted by Gasteiger charge is 2.07. The van der Waals surface area contributed by atoms with Crippen LogP contribution in [0.25, 0.3) is 11.3 Å². The topological polar surface area (TPSA) is 48.9 Å². The average molecular weight is 281 g/mol. The van der Waals surface area contributed by atoms with Crippen LogP contribution in [0.2, 0.25) is 0 Å². The van der Waals surface area contributed by atoms with Crippen LogP contribution in [0.5, 0.6) is 5.75 Å². The van der Waals surface area contributed by atoms with Crippen LogP contribution in [0.1, 0.15) is 25.6 Å². The number of phenolic OH excluding ortho intramolecular Hbond substituents is 1. The summed E-state index contributed by atoms with van der Waals surface area (Å²) in [5.74, 6) is 1.56. The first-order valence-electron chi connectivity index (χ1n) is 5.11. The first kappa shape index (κ1) is 11.2. The van der Waals surface area contributed by atoms with Crippen LogP contribution < -0.4 is 0 Å². The maximum Gasteiger partial charge on any atom is 0.130 e. The normalized spacial score (nSPS) is 11.0. The Hall–Kier alpha value is -1.29. The standard InChI is InChI=1S/C12H13BrN2O/c1-7(2)12-14-6-10(15-12)8-3-4-9(13)11(16)5-8/h3-7,16H,1-2H3,(H,14,15). The molecule has 0 radical (unpaired) electrons. The maximum atomic E-state index is 9.60. The number of halogens is 1. The lowest BCUT2D eigenvalue weighted by Crippen LogP contribution is -1.89. The number of hydrogen-bond donors (Lipinski definition) is 2. The summed E-state index contributed by atoms with van der Waals surface area (Å²) in [4.78, 5) is 7.53. The van der Waals surface area contributed by atoms with Crippen molar-refractivity contribution in [1.29, 1.82) is 0 Å². The Labute approximate surface area is 103 Å². The predicted molar refractivity (Wildman–Crippen MR) is 67.5 cm³/mol. The molecule has 0 aliphatic carbocycles. The number of aromatic hydroxyl groups is 1. The van der Waals surface area contributed by atoms with E-state index >= 15 is 0 Å². The molecule has 0 atom stereocenters. The van der Waals surface area contributed by atoms with E-state index in [1.165, 1.54) is 0 Å². The van der Waals surface area contributed by atoms with Crippen LogP contribution >= 0.6 is 15.9 Å². The molecule has 1 aromatic carbocycles. The third-order valence-electron chi connectivity index (χ3n) is 2.40. The monoisotopic (exact) mass is 280 g/mol. The second kappa shape index (κ2) is 4.29. The number of aromatic nitrogens is 2. The van der Waals surface area contributed by atoms with Gasteiger partial charge in [0.1, 0.15) is 11.6 Å². The van der Waals surface area contributed by atoms with Gasteiger partial charge in [-0.1, -0.05) is 19.9 Å². The summed E-state index contributed by atoms with van der Waals surface area (Å²) in [5, 5.41) is 9.60. The molecule has 0 amide bonds. The molecule has 0 bridgehead atoms. The van der Waals surface area contributed by atoms with Gasteiger partial charge in [-0.2, -0.15) is 0 Å². The van der Waals surface area contributed by atoms with Gasteiger partial charge in [0.2, 0.25) is 0 Å². The molecular weight excluding hydrogens is 268 g/mol. The van der Waals surface area contributed by atoms with Crippen LogP contribution in [-0.2, 0) is 0 Å². The largest absolute Gasteiger partial charge is 0.507 e. The second-order valence-corrected chi connectivity index (χ2v) is 4.86. The lowest BCUT2D eigenvalue weighted by molar-refractivity contribution is 0.472. The Morgan fingerprint density at radius 2 is 2.12 bits per heavy atom. The molecule has 2 rings (SSSR count). The Morgan fingerprint density at radius 3 is 2.69 bits per heavy atom. The molecule has 4 heteroatoms. The van der Waals surface area contributed by atoms with Crippen molar-refractivity contribution in [2.45, 2.75) is 19.8 Å². The van der Waals surface area contributed by atoms with Crippen LogP contribution in [0.4, 0.5) is 0 Å². The van der Waals surface area contributed by atoms with E-state index in [0.29, 0.717) is 10.4 Å². The summed E-state index contributed by atoms with van der Waals surface area (Å²) in [6.45, 7) is 4.17. The van der Waals surface area contributed by atoms with Gasteiger partial charge >= 0.3 is 0 Å². The fraction of sp³-hybridized carbons (Fsp3) is 0.250. The SMILES string of the molecule is CC(C)c1ncc(-c2ccc(Br)c(O)c2)[nH]1. The van der Waals surface area contributed by atoms with Gasteiger partial charge in [0, 0.05) is 11.5 Å². The van der Waals surface area contributed by atoms with Crippen LogP contribution in [0.3, 0.4) is 0 Å². The van der Waals surface area contributed by atoms with Gasteiger partial charge in [-0.15, -0.1) is 0 Å². The molecular formula is C12H13BrN2O. The van der Waals surface area contributed by atoms with E-state index < -0.39 is 0 Å². The first-order chi connectivity index (χ1) is 7.58. The Morgan fingerprint density at radius 1 is 1.38 bits per heavy atom. The van der Waals surface area contributed by atoms with Crippen molar-refractivity contribution in [3.05, 3.63) is 34.7 Å². The third-order valence-corrected chi connectivity index (χ3v) is 3.07. The lowest BCUT2D eigenvalue weighted by Gasteiger charge is -2.01. The molecule has 0 fully saturated rings. The van der Waals surface area contributed by atoms with Gasteiger partial charge in [-0.05, 0) is 28.1 Å². The summed E-state index contributed by atoms with van der Waals surface area (Å²) in [6.07, 6.45) is 1.79.